The highest BCUT2D eigenvalue weighted by molar-refractivity contribution is 6.30. The standard InChI is InChI=1S/C18H17ClN4O/c19-15-6-4-14(5-7-15)18-21-16(17-3-1-2-8-23(17)18)13-20-22-9-11-24-12-10-22/h1-8,13H,9-12H2/p+1. The van der Waals surface area contributed by atoms with Gasteiger partial charge in [-0.25, -0.2) is 4.98 Å². The van der Waals surface area contributed by atoms with Crippen LogP contribution in [0.15, 0.2) is 53.8 Å². The number of aromatic amines is 1. The van der Waals surface area contributed by atoms with Crippen LogP contribution in [0.2, 0.25) is 5.02 Å². The molecule has 1 aromatic carbocycles. The number of fused-ring (bicyclic) bond motifs is 1. The van der Waals surface area contributed by atoms with E-state index in [9.17, 15) is 0 Å². The van der Waals surface area contributed by atoms with E-state index in [0.29, 0.717) is 0 Å². The monoisotopic (exact) mass is 341 g/mol. The molecule has 1 fully saturated rings. The van der Waals surface area contributed by atoms with Gasteiger partial charge in [0.1, 0.15) is 0 Å². The lowest BCUT2D eigenvalue weighted by Crippen LogP contribution is -2.32. The number of aromatic nitrogens is 2. The number of benzene rings is 1. The number of rotatable bonds is 3. The third-order valence-electron chi connectivity index (χ3n) is 4.09. The van der Waals surface area contributed by atoms with Crippen molar-refractivity contribution in [2.24, 2.45) is 5.10 Å². The maximum atomic E-state index is 6.00. The average Bonchev–Trinajstić information content (AvgIpc) is 3.00. The summed E-state index contributed by atoms with van der Waals surface area (Å²) in [5, 5.41) is 7.35. The molecule has 2 aromatic heterocycles. The molecule has 0 atom stereocenters. The normalized spacial score (nSPS) is 15.5. The van der Waals surface area contributed by atoms with Crippen LogP contribution < -0.4 is 4.40 Å². The van der Waals surface area contributed by atoms with E-state index >= 15 is 0 Å². The minimum absolute atomic E-state index is 0.730. The Kier molecular flexibility index (Phi) is 4.19. The number of H-pyrrole nitrogens is 1. The summed E-state index contributed by atoms with van der Waals surface area (Å²) in [7, 11) is 0. The Morgan fingerprint density at radius 1 is 1.12 bits per heavy atom. The molecule has 0 radical (unpaired) electrons. The zero-order valence-corrected chi connectivity index (χ0v) is 13.9. The molecule has 0 spiro atoms. The van der Waals surface area contributed by atoms with Crippen LogP contribution in [0.1, 0.15) is 5.69 Å². The zero-order valence-electron chi connectivity index (χ0n) is 13.2. The predicted molar refractivity (Wildman–Crippen MR) is 94.4 cm³/mol. The first-order valence-electron chi connectivity index (χ1n) is 7.96. The molecule has 4 rings (SSSR count). The highest BCUT2D eigenvalue weighted by atomic mass is 35.5. The van der Waals surface area contributed by atoms with Crippen LogP contribution in [0, 0.1) is 0 Å². The maximum Gasteiger partial charge on any atom is 0.292 e. The van der Waals surface area contributed by atoms with Gasteiger partial charge in [0, 0.05) is 5.02 Å². The number of nitrogens with one attached hydrogen (secondary N) is 1. The van der Waals surface area contributed by atoms with Crippen LogP contribution >= 0.6 is 11.6 Å². The SMILES string of the molecule is Clc1ccc(-c2[nH]c(C=NN3CCOCC3)c3cccc[n+]23)cc1. The second kappa shape index (κ2) is 6.63. The van der Waals surface area contributed by atoms with Crippen LogP contribution in [-0.2, 0) is 4.74 Å². The minimum Gasteiger partial charge on any atom is -0.378 e. The number of hydrogen-bond donors (Lipinski definition) is 1. The van der Waals surface area contributed by atoms with E-state index in [1.54, 1.807) is 0 Å². The van der Waals surface area contributed by atoms with Gasteiger partial charge in [0.05, 0.1) is 44.3 Å². The molecule has 1 aliphatic heterocycles. The van der Waals surface area contributed by atoms with Gasteiger partial charge >= 0.3 is 0 Å². The smallest absolute Gasteiger partial charge is 0.292 e. The summed E-state index contributed by atoms with van der Waals surface area (Å²) in [5.41, 5.74) is 3.14. The van der Waals surface area contributed by atoms with Crippen molar-refractivity contribution in [3.05, 3.63) is 59.4 Å². The average molecular weight is 342 g/mol. The second-order valence-corrected chi connectivity index (χ2v) is 6.10. The number of hydrogen-bond acceptors (Lipinski definition) is 3. The summed E-state index contributed by atoms with van der Waals surface area (Å²) >= 11 is 6.00. The van der Waals surface area contributed by atoms with E-state index in [1.165, 1.54) is 0 Å². The van der Waals surface area contributed by atoms with Gasteiger partial charge in [-0.2, -0.15) is 9.50 Å². The van der Waals surface area contributed by atoms with Crippen molar-refractivity contribution in [3.63, 3.8) is 0 Å². The Morgan fingerprint density at radius 2 is 1.92 bits per heavy atom. The van der Waals surface area contributed by atoms with E-state index in [0.717, 1.165) is 53.9 Å². The van der Waals surface area contributed by atoms with Gasteiger partial charge in [-0.15, -0.1) is 0 Å². The van der Waals surface area contributed by atoms with Gasteiger partial charge in [-0.3, -0.25) is 5.01 Å². The summed E-state index contributed by atoms with van der Waals surface area (Å²) in [5.74, 6) is 1.01. The van der Waals surface area contributed by atoms with Gasteiger partial charge in [0.2, 0.25) is 0 Å². The zero-order chi connectivity index (χ0) is 16.4. The van der Waals surface area contributed by atoms with Crippen molar-refractivity contribution in [2.75, 3.05) is 26.3 Å². The molecule has 5 nitrogen and oxygen atoms in total. The van der Waals surface area contributed by atoms with Crippen molar-refractivity contribution < 1.29 is 9.14 Å². The molecular formula is C18H18ClN4O+. The lowest BCUT2D eigenvalue weighted by Gasteiger charge is -2.23. The molecule has 1 saturated heterocycles. The van der Waals surface area contributed by atoms with Crippen LogP contribution in [0.25, 0.3) is 16.9 Å². The Balaban J connectivity index is 1.73. The number of halogens is 1. The molecule has 3 heterocycles. The Labute approximate surface area is 145 Å². The summed E-state index contributed by atoms with van der Waals surface area (Å²) < 4.78 is 7.48. The van der Waals surface area contributed by atoms with E-state index in [-0.39, 0.29) is 0 Å². The number of morpholine rings is 1. The first-order chi connectivity index (χ1) is 11.8. The molecule has 6 heteroatoms. The summed E-state index contributed by atoms with van der Waals surface area (Å²) in [4.78, 5) is 3.48. The summed E-state index contributed by atoms with van der Waals surface area (Å²) in [6.07, 6.45) is 3.93. The number of pyridine rings is 1. The van der Waals surface area contributed by atoms with Crippen LogP contribution in [0.5, 0.6) is 0 Å². The molecule has 122 valence electrons. The lowest BCUT2D eigenvalue weighted by molar-refractivity contribution is -0.498. The molecule has 0 bridgehead atoms. The van der Waals surface area contributed by atoms with Crippen molar-refractivity contribution in [3.8, 4) is 11.4 Å². The highest BCUT2D eigenvalue weighted by Crippen LogP contribution is 2.19. The molecule has 0 amide bonds. The van der Waals surface area contributed by atoms with Gasteiger partial charge in [-0.1, -0.05) is 17.7 Å². The van der Waals surface area contributed by atoms with Crippen molar-refractivity contribution in [1.82, 2.24) is 9.99 Å². The van der Waals surface area contributed by atoms with Crippen LogP contribution in [0.3, 0.4) is 0 Å². The Bertz CT molecular complexity index is 866. The number of hydrazone groups is 1. The van der Waals surface area contributed by atoms with Crippen molar-refractivity contribution in [2.45, 2.75) is 0 Å². The van der Waals surface area contributed by atoms with Gasteiger partial charge in [0.25, 0.3) is 5.82 Å². The highest BCUT2D eigenvalue weighted by Gasteiger charge is 2.19. The van der Waals surface area contributed by atoms with E-state index in [2.05, 4.69) is 20.6 Å². The minimum atomic E-state index is 0.730. The molecule has 3 aromatic rings. The molecule has 0 saturated carbocycles. The molecule has 0 unspecified atom stereocenters. The molecule has 1 N–H and O–H groups in total. The molecule has 0 aliphatic carbocycles. The topological polar surface area (TPSA) is 44.7 Å². The number of ether oxygens (including phenoxy) is 1. The van der Waals surface area contributed by atoms with E-state index in [4.69, 9.17) is 16.3 Å². The quantitative estimate of drug-likeness (QED) is 0.588. The van der Waals surface area contributed by atoms with Crippen LogP contribution in [0.4, 0.5) is 0 Å². The fourth-order valence-corrected chi connectivity index (χ4v) is 2.96. The largest absolute Gasteiger partial charge is 0.378 e. The summed E-state index contributed by atoms with van der Waals surface area (Å²) in [6, 6.07) is 13.9. The predicted octanol–water partition coefficient (Wildman–Crippen LogP) is 2.74. The first kappa shape index (κ1) is 15.2. The van der Waals surface area contributed by atoms with Crippen molar-refractivity contribution in [1.29, 1.82) is 0 Å². The second-order valence-electron chi connectivity index (χ2n) is 5.66. The number of imidazole rings is 1. The number of nitrogens with zero attached hydrogens (tertiary/aromatic N) is 3. The molecule has 1 aliphatic rings. The van der Waals surface area contributed by atoms with Gasteiger partial charge < -0.3 is 4.74 Å². The Morgan fingerprint density at radius 3 is 2.71 bits per heavy atom. The van der Waals surface area contributed by atoms with Gasteiger partial charge in [-0.05, 0) is 36.4 Å². The maximum absolute atomic E-state index is 6.00. The van der Waals surface area contributed by atoms with Crippen LogP contribution in [-0.4, -0.2) is 42.5 Å². The first-order valence-corrected chi connectivity index (χ1v) is 8.34. The third kappa shape index (κ3) is 3.00. The summed E-state index contributed by atoms with van der Waals surface area (Å²) in [6.45, 7) is 3.11. The molecule has 24 heavy (non-hydrogen) atoms. The third-order valence-corrected chi connectivity index (χ3v) is 4.34. The van der Waals surface area contributed by atoms with Gasteiger partial charge in [0.15, 0.2) is 11.2 Å². The lowest BCUT2D eigenvalue weighted by atomic mass is 10.2. The van der Waals surface area contributed by atoms with Crippen molar-refractivity contribution >= 4 is 23.3 Å². The van der Waals surface area contributed by atoms with E-state index < -0.39 is 0 Å². The Hall–Kier alpha value is -2.37. The molecular weight excluding hydrogens is 324 g/mol. The van der Waals surface area contributed by atoms with E-state index in [1.807, 2.05) is 53.8 Å². The fourth-order valence-electron chi connectivity index (χ4n) is 2.84. The fraction of sp³-hybridized carbons (Fsp3) is 0.222.